The first-order valence-corrected chi connectivity index (χ1v) is 7.74. The van der Waals surface area contributed by atoms with Crippen LogP contribution >= 0.6 is 0 Å². The van der Waals surface area contributed by atoms with Gasteiger partial charge in [-0.25, -0.2) is 4.39 Å². The number of amides is 1. The van der Waals surface area contributed by atoms with Crippen molar-refractivity contribution in [1.82, 2.24) is 14.7 Å². The average Bonchev–Trinajstić information content (AvgIpc) is 3.13. The molecule has 2 atom stereocenters. The molecule has 6 heteroatoms. The van der Waals surface area contributed by atoms with Crippen LogP contribution in [-0.4, -0.2) is 38.3 Å². The highest BCUT2D eigenvalue weighted by molar-refractivity contribution is 5.94. The Labute approximate surface area is 134 Å². The quantitative estimate of drug-likeness (QED) is 0.946. The van der Waals surface area contributed by atoms with Gasteiger partial charge in [-0.15, -0.1) is 0 Å². The first kappa shape index (κ1) is 15.7. The second kappa shape index (κ2) is 6.12. The second-order valence-corrected chi connectivity index (χ2v) is 6.22. The molecule has 3 rings (SSSR count). The van der Waals surface area contributed by atoms with E-state index in [0.29, 0.717) is 17.5 Å². The van der Waals surface area contributed by atoms with E-state index in [9.17, 15) is 14.3 Å². The molecule has 1 fully saturated rings. The summed E-state index contributed by atoms with van der Waals surface area (Å²) in [6.07, 6.45) is 3.05. The summed E-state index contributed by atoms with van der Waals surface area (Å²) in [6, 6.07) is 6.03. The summed E-state index contributed by atoms with van der Waals surface area (Å²) in [6.45, 7) is 4.21. The fraction of sp³-hybridized carbons (Fsp3) is 0.412. The maximum absolute atomic E-state index is 13.5. The van der Waals surface area contributed by atoms with E-state index < -0.39 is 6.10 Å². The zero-order valence-electron chi connectivity index (χ0n) is 13.2. The number of aromatic nitrogens is 2. The van der Waals surface area contributed by atoms with E-state index >= 15 is 0 Å². The van der Waals surface area contributed by atoms with E-state index in [0.717, 1.165) is 0 Å². The van der Waals surface area contributed by atoms with Crippen LogP contribution < -0.4 is 0 Å². The Balaban J connectivity index is 1.88. The first-order chi connectivity index (χ1) is 11.0. The highest BCUT2D eigenvalue weighted by Gasteiger charge is 2.36. The molecule has 1 aromatic heterocycles. The van der Waals surface area contributed by atoms with Crippen LogP contribution in [0.25, 0.3) is 0 Å². The van der Waals surface area contributed by atoms with Gasteiger partial charge in [0, 0.05) is 18.8 Å². The summed E-state index contributed by atoms with van der Waals surface area (Å²) in [5.41, 5.74) is 1.18. The van der Waals surface area contributed by atoms with Gasteiger partial charge in [0.05, 0.1) is 23.9 Å². The van der Waals surface area contributed by atoms with Crippen molar-refractivity contribution in [2.45, 2.75) is 38.5 Å². The van der Waals surface area contributed by atoms with Crippen LogP contribution in [-0.2, 0) is 0 Å². The maximum Gasteiger partial charge on any atom is 0.257 e. The molecule has 5 nitrogen and oxygen atoms in total. The minimum Gasteiger partial charge on any atom is -0.391 e. The molecule has 122 valence electrons. The lowest BCUT2D eigenvalue weighted by Crippen LogP contribution is -2.31. The molecular weight excluding hydrogens is 297 g/mol. The minimum atomic E-state index is -0.604. The molecule has 2 heterocycles. The Kier molecular flexibility index (Phi) is 4.17. The Morgan fingerprint density at radius 1 is 1.43 bits per heavy atom. The molecule has 1 amide bonds. The third kappa shape index (κ3) is 3.12. The van der Waals surface area contributed by atoms with Gasteiger partial charge in [-0.2, -0.15) is 5.10 Å². The zero-order chi connectivity index (χ0) is 16.6. The third-order valence-electron chi connectivity index (χ3n) is 4.15. The summed E-state index contributed by atoms with van der Waals surface area (Å²) in [5.74, 6) is -0.536. The molecule has 0 bridgehead atoms. The van der Waals surface area contributed by atoms with Crippen LogP contribution in [0.3, 0.4) is 0 Å². The van der Waals surface area contributed by atoms with Crippen LogP contribution in [0.4, 0.5) is 4.39 Å². The molecule has 1 N–H and O–H groups in total. The molecular formula is C17H20FN3O2. The topological polar surface area (TPSA) is 58.4 Å². The number of rotatable bonds is 3. The molecule has 1 aliphatic rings. The van der Waals surface area contributed by atoms with Crippen molar-refractivity contribution in [3.63, 3.8) is 0 Å². The number of nitrogens with zero attached hydrogens (tertiary/aromatic N) is 3. The number of carbonyl (C=O) groups is 1. The van der Waals surface area contributed by atoms with Gasteiger partial charge in [0.25, 0.3) is 5.91 Å². The Morgan fingerprint density at radius 2 is 2.22 bits per heavy atom. The molecule has 23 heavy (non-hydrogen) atoms. The maximum atomic E-state index is 13.5. The molecule has 2 aromatic rings. The van der Waals surface area contributed by atoms with Crippen molar-refractivity contribution in [2.75, 3.05) is 6.54 Å². The fourth-order valence-electron chi connectivity index (χ4n) is 2.96. The monoisotopic (exact) mass is 317 g/mol. The lowest BCUT2D eigenvalue weighted by atomic mass is 10.0. The highest BCUT2D eigenvalue weighted by atomic mass is 19.1. The van der Waals surface area contributed by atoms with Crippen molar-refractivity contribution in [3.05, 3.63) is 53.6 Å². The third-order valence-corrected chi connectivity index (χ3v) is 4.15. The molecule has 1 saturated heterocycles. The van der Waals surface area contributed by atoms with Crippen molar-refractivity contribution in [1.29, 1.82) is 0 Å². The van der Waals surface area contributed by atoms with Crippen molar-refractivity contribution >= 4 is 5.91 Å². The summed E-state index contributed by atoms with van der Waals surface area (Å²) in [4.78, 5) is 14.4. The summed E-state index contributed by atoms with van der Waals surface area (Å²) in [5, 5.41) is 14.2. The highest BCUT2D eigenvalue weighted by Crippen LogP contribution is 2.33. The summed E-state index contributed by atoms with van der Waals surface area (Å²) in [7, 11) is 0. The number of β-amino-alcohol motifs (C(OH)–C–C–N with tert-alkyl or cyclic N) is 1. The molecule has 1 aromatic carbocycles. The van der Waals surface area contributed by atoms with Gasteiger partial charge in [0.15, 0.2) is 0 Å². The number of halogens is 1. The molecule has 0 spiro atoms. The number of aliphatic hydroxyl groups excluding tert-OH is 1. The standard InChI is InChI=1S/C17H20FN3O2/c1-11(2)21-9-13(8-19-21)17(23)20-10-15(22)7-16(20)12-4-3-5-14(18)6-12/h3-6,8-9,11,15-16,22H,7,10H2,1-2H3/t15-,16-/m0/s1. The fourth-order valence-corrected chi connectivity index (χ4v) is 2.96. The van der Waals surface area contributed by atoms with E-state index in [1.165, 1.54) is 18.3 Å². The van der Waals surface area contributed by atoms with Crippen LogP contribution in [0.2, 0.25) is 0 Å². The van der Waals surface area contributed by atoms with Gasteiger partial charge < -0.3 is 10.0 Å². The van der Waals surface area contributed by atoms with E-state index in [1.54, 1.807) is 27.9 Å². The van der Waals surface area contributed by atoms with Gasteiger partial charge in [-0.1, -0.05) is 12.1 Å². The van der Waals surface area contributed by atoms with Gasteiger partial charge in [0.2, 0.25) is 0 Å². The SMILES string of the molecule is CC(C)n1cc(C(=O)N2C[C@@H](O)C[C@H]2c2cccc(F)c2)cn1. The number of carbonyl (C=O) groups excluding carboxylic acids is 1. The van der Waals surface area contributed by atoms with Gasteiger partial charge in [0.1, 0.15) is 5.82 Å². The lowest BCUT2D eigenvalue weighted by Gasteiger charge is -2.24. The Morgan fingerprint density at radius 3 is 2.87 bits per heavy atom. The lowest BCUT2D eigenvalue weighted by molar-refractivity contribution is 0.0715. The van der Waals surface area contributed by atoms with Crippen LogP contribution in [0, 0.1) is 5.82 Å². The van der Waals surface area contributed by atoms with E-state index in [2.05, 4.69) is 5.10 Å². The normalized spacial score (nSPS) is 21.2. The predicted molar refractivity (Wildman–Crippen MR) is 83.4 cm³/mol. The van der Waals surface area contributed by atoms with Crippen LogP contribution in [0.15, 0.2) is 36.7 Å². The molecule has 0 unspecified atom stereocenters. The minimum absolute atomic E-state index is 0.166. The predicted octanol–water partition coefficient (Wildman–Crippen LogP) is 2.55. The van der Waals surface area contributed by atoms with E-state index in [4.69, 9.17) is 0 Å². The Bertz CT molecular complexity index is 713. The number of hydrogen-bond acceptors (Lipinski definition) is 3. The molecule has 0 saturated carbocycles. The van der Waals surface area contributed by atoms with E-state index in [-0.39, 0.29) is 30.4 Å². The molecule has 0 radical (unpaired) electrons. The first-order valence-electron chi connectivity index (χ1n) is 7.74. The van der Waals surface area contributed by atoms with Crippen molar-refractivity contribution in [3.8, 4) is 0 Å². The largest absolute Gasteiger partial charge is 0.391 e. The number of benzene rings is 1. The average molecular weight is 317 g/mol. The smallest absolute Gasteiger partial charge is 0.257 e. The zero-order valence-corrected chi connectivity index (χ0v) is 13.2. The van der Waals surface area contributed by atoms with Gasteiger partial charge >= 0.3 is 0 Å². The summed E-state index contributed by atoms with van der Waals surface area (Å²) >= 11 is 0. The number of aliphatic hydroxyl groups is 1. The van der Waals surface area contributed by atoms with Crippen molar-refractivity contribution < 1.29 is 14.3 Å². The second-order valence-electron chi connectivity index (χ2n) is 6.22. The number of likely N-dealkylation sites (tertiary alicyclic amines) is 1. The summed E-state index contributed by atoms with van der Waals surface area (Å²) < 4.78 is 15.2. The van der Waals surface area contributed by atoms with E-state index in [1.807, 2.05) is 13.8 Å². The number of hydrogen-bond donors (Lipinski definition) is 1. The van der Waals surface area contributed by atoms with Crippen LogP contribution in [0.1, 0.15) is 48.3 Å². The Hall–Kier alpha value is -2.21. The molecule has 1 aliphatic heterocycles. The molecule has 0 aliphatic carbocycles. The van der Waals surface area contributed by atoms with Crippen molar-refractivity contribution in [2.24, 2.45) is 0 Å². The van der Waals surface area contributed by atoms with Gasteiger partial charge in [-0.3, -0.25) is 9.48 Å². The van der Waals surface area contributed by atoms with Gasteiger partial charge in [-0.05, 0) is 38.0 Å². The van der Waals surface area contributed by atoms with Crippen LogP contribution in [0.5, 0.6) is 0 Å².